The lowest BCUT2D eigenvalue weighted by Crippen LogP contribution is -2.24. The topological polar surface area (TPSA) is 103 Å². The Morgan fingerprint density at radius 1 is 1.17 bits per heavy atom. The van der Waals surface area contributed by atoms with Crippen LogP contribution in [-0.2, 0) is 24.1 Å². The molecule has 0 aliphatic carbocycles. The summed E-state index contributed by atoms with van der Waals surface area (Å²) in [5.41, 5.74) is 0.672. The first-order chi connectivity index (χ1) is 16.7. The van der Waals surface area contributed by atoms with Crippen molar-refractivity contribution in [3.05, 3.63) is 83.0 Å². The molecule has 0 aliphatic rings. The highest BCUT2D eigenvalue weighted by Crippen LogP contribution is 2.31. The van der Waals surface area contributed by atoms with Crippen LogP contribution in [0.1, 0.15) is 28.4 Å². The molecule has 0 aliphatic heterocycles. The SMILES string of the molecule is Cc1nnn(Cc2cc(C(F)(F)F)ccc2C=CC(=O)N(C)Cc2nc(-c3ccccc3)no2)n1. The van der Waals surface area contributed by atoms with Gasteiger partial charge in [0.15, 0.2) is 5.82 Å². The Morgan fingerprint density at radius 3 is 2.63 bits per heavy atom. The van der Waals surface area contributed by atoms with Gasteiger partial charge >= 0.3 is 6.18 Å². The van der Waals surface area contributed by atoms with Crippen LogP contribution in [0.4, 0.5) is 13.2 Å². The van der Waals surface area contributed by atoms with Crippen LogP contribution in [0.15, 0.2) is 59.1 Å². The minimum atomic E-state index is -4.51. The number of aromatic nitrogens is 6. The molecule has 0 radical (unpaired) electrons. The monoisotopic (exact) mass is 483 g/mol. The minimum absolute atomic E-state index is 0.0429. The van der Waals surface area contributed by atoms with E-state index < -0.39 is 17.6 Å². The maximum Gasteiger partial charge on any atom is 0.416 e. The molecule has 0 spiro atoms. The van der Waals surface area contributed by atoms with Crippen LogP contribution in [0.2, 0.25) is 0 Å². The molecule has 9 nitrogen and oxygen atoms in total. The van der Waals surface area contributed by atoms with Crippen LogP contribution in [0, 0.1) is 6.92 Å². The van der Waals surface area contributed by atoms with Crippen LogP contribution in [0.3, 0.4) is 0 Å². The zero-order chi connectivity index (χ0) is 25.0. The summed E-state index contributed by atoms with van der Waals surface area (Å²) in [5.74, 6) is 0.645. The van der Waals surface area contributed by atoms with Gasteiger partial charge < -0.3 is 9.42 Å². The molecule has 35 heavy (non-hydrogen) atoms. The predicted octanol–water partition coefficient (Wildman–Crippen LogP) is 3.77. The summed E-state index contributed by atoms with van der Waals surface area (Å²) in [7, 11) is 1.55. The molecule has 180 valence electrons. The van der Waals surface area contributed by atoms with Gasteiger partial charge in [0, 0.05) is 18.7 Å². The Balaban J connectivity index is 1.49. The first-order valence-corrected chi connectivity index (χ1v) is 10.4. The van der Waals surface area contributed by atoms with Crippen molar-refractivity contribution in [2.75, 3.05) is 7.05 Å². The third-order valence-corrected chi connectivity index (χ3v) is 4.99. The molecule has 2 heterocycles. The van der Waals surface area contributed by atoms with E-state index in [0.29, 0.717) is 17.2 Å². The Bertz CT molecular complexity index is 1350. The normalized spacial score (nSPS) is 11.8. The summed E-state index contributed by atoms with van der Waals surface area (Å²) in [4.78, 5) is 19.5. The zero-order valence-corrected chi connectivity index (χ0v) is 18.8. The maximum absolute atomic E-state index is 13.2. The number of carbonyl (C=O) groups is 1. The van der Waals surface area contributed by atoms with Crippen molar-refractivity contribution in [3.8, 4) is 11.4 Å². The molecule has 4 rings (SSSR count). The lowest BCUT2D eigenvalue weighted by atomic mass is 10.0. The minimum Gasteiger partial charge on any atom is -0.337 e. The van der Waals surface area contributed by atoms with E-state index in [4.69, 9.17) is 4.52 Å². The van der Waals surface area contributed by atoms with E-state index in [-0.39, 0.29) is 24.5 Å². The van der Waals surface area contributed by atoms with Crippen molar-refractivity contribution >= 4 is 12.0 Å². The van der Waals surface area contributed by atoms with E-state index in [2.05, 4.69) is 25.6 Å². The molecule has 0 N–H and O–H groups in total. The lowest BCUT2D eigenvalue weighted by Gasteiger charge is -2.13. The second-order valence-corrected chi connectivity index (χ2v) is 7.68. The summed E-state index contributed by atoms with van der Waals surface area (Å²) >= 11 is 0. The summed E-state index contributed by atoms with van der Waals surface area (Å²) in [6, 6.07) is 12.5. The van der Waals surface area contributed by atoms with Gasteiger partial charge in [0.2, 0.25) is 17.6 Å². The molecule has 2 aromatic heterocycles. The Kier molecular flexibility index (Phi) is 6.71. The van der Waals surface area contributed by atoms with Crippen LogP contribution in [0.5, 0.6) is 0 Å². The molecule has 0 saturated heterocycles. The highest BCUT2D eigenvalue weighted by Gasteiger charge is 2.31. The standard InChI is InChI=1S/C23H20F3N7O2/c1-15-28-31-33(29-15)13-18-12-19(23(24,25)26)10-8-16(18)9-11-21(34)32(2)14-20-27-22(30-35-20)17-6-4-3-5-7-17/h3-12H,13-14H2,1-2H3. The van der Waals surface area contributed by atoms with Gasteiger partial charge in [-0.1, -0.05) is 41.6 Å². The highest BCUT2D eigenvalue weighted by atomic mass is 19.4. The average molecular weight is 483 g/mol. The smallest absolute Gasteiger partial charge is 0.337 e. The fourth-order valence-corrected chi connectivity index (χ4v) is 3.22. The molecule has 4 aromatic rings. The zero-order valence-electron chi connectivity index (χ0n) is 18.8. The number of carbonyl (C=O) groups excluding carboxylic acids is 1. The van der Waals surface area contributed by atoms with Crippen LogP contribution in [-0.4, -0.2) is 48.2 Å². The Morgan fingerprint density at radius 2 is 1.94 bits per heavy atom. The highest BCUT2D eigenvalue weighted by molar-refractivity contribution is 5.91. The molecular weight excluding hydrogens is 463 g/mol. The van der Waals surface area contributed by atoms with E-state index >= 15 is 0 Å². The largest absolute Gasteiger partial charge is 0.416 e. The first kappa shape index (κ1) is 23.8. The van der Waals surface area contributed by atoms with Gasteiger partial charge in [-0.05, 0) is 41.5 Å². The number of hydrogen-bond acceptors (Lipinski definition) is 7. The molecular formula is C23H20F3N7O2. The van der Waals surface area contributed by atoms with Gasteiger partial charge in [-0.15, -0.1) is 10.2 Å². The lowest BCUT2D eigenvalue weighted by molar-refractivity contribution is -0.137. The summed E-state index contributed by atoms with van der Waals surface area (Å²) in [6.45, 7) is 1.64. The molecule has 1 amide bonds. The van der Waals surface area contributed by atoms with Gasteiger partial charge in [-0.3, -0.25) is 4.79 Å². The van der Waals surface area contributed by atoms with Gasteiger partial charge in [0.05, 0.1) is 18.7 Å². The van der Waals surface area contributed by atoms with Crippen molar-refractivity contribution in [2.24, 2.45) is 0 Å². The van der Waals surface area contributed by atoms with Crippen molar-refractivity contribution in [1.82, 2.24) is 35.2 Å². The summed E-state index contributed by atoms with van der Waals surface area (Å²) in [6.07, 6.45) is -1.80. The second kappa shape index (κ2) is 9.87. The fraction of sp³-hybridized carbons (Fsp3) is 0.217. The number of nitrogens with zero attached hydrogens (tertiary/aromatic N) is 7. The third kappa shape index (κ3) is 5.96. The molecule has 0 saturated carbocycles. The van der Waals surface area contributed by atoms with Gasteiger partial charge in [-0.2, -0.15) is 23.0 Å². The molecule has 12 heteroatoms. The van der Waals surface area contributed by atoms with Crippen LogP contribution < -0.4 is 0 Å². The van der Waals surface area contributed by atoms with Gasteiger partial charge in [0.1, 0.15) is 0 Å². The van der Waals surface area contributed by atoms with Gasteiger partial charge in [-0.25, -0.2) is 0 Å². The Labute approximate surface area is 197 Å². The van der Waals surface area contributed by atoms with E-state index in [9.17, 15) is 18.0 Å². The number of amides is 1. The first-order valence-electron chi connectivity index (χ1n) is 10.4. The molecule has 0 fully saturated rings. The van der Waals surface area contributed by atoms with E-state index in [0.717, 1.165) is 17.7 Å². The maximum atomic E-state index is 13.2. The van der Waals surface area contributed by atoms with E-state index in [1.165, 1.54) is 27.9 Å². The average Bonchev–Trinajstić information content (AvgIpc) is 3.46. The van der Waals surface area contributed by atoms with Crippen molar-refractivity contribution in [1.29, 1.82) is 0 Å². The van der Waals surface area contributed by atoms with Crippen molar-refractivity contribution in [3.63, 3.8) is 0 Å². The van der Waals surface area contributed by atoms with Crippen molar-refractivity contribution in [2.45, 2.75) is 26.2 Å². The number of hydrogen-bond donors (Lipinski definition) is 0. The number of alkyl halides is 3. The van der Waals surface area contributed by atoms with Crippen LogP contribution >= 0.6 is 0 Å². The van der Waals surface area contributed by atoms with E-state index in [1.54, 1.807) is 14.0 Å². The number of aryl methyl sites for hydroxylation is 1. The van der Waals surface area contributed by atoms with Gasteiger partial charge in [0.25, 0.3) is 0 Å². The number of benzene rings is 2. The quantitative estimate of drug-likeness (QED) is 0.369. The predicted molar refractivity (Wildman–Crippen MR) is 118 cm³/mol. The van der Waals surface area contributed by atoms with Crippen molar-refractivity contribution < 1.29 is 22.5 Å². The summed E-state index contributed by atoms with van der Waals surface area (Å²) < 4.78 is 44.9. The summed E-state index contributed by atoms with van der Waals surface area (Å²) in [5, 5.41) is 15.5. The second-order valence-electron chi connectivity index (χ2n) is 7.68. The van der Waals surface area contributed by atoms with Crippen LogP contribution in [0.25, 0.3) is 17.5 Å². The number of rotatable bonds is 7. The fourth-order valence-electron chi connectivity index (χ4n) is 3.22. The number of tetrazole rings is 1. The number of halogens is 3. The molecule has 0 unspecified atom stereocenters. The number of likely N-dealkylation sites (N-methyl/N-ethyl adjacent to an activating group) is 1. The molecule has 2 aromatic carbocycles. The molecule has 0 bridgehead atoms. The van der Waals surface area contributed by atoms with E-state index in [1.807, 2.05) is 30.3 Å². The Hall–Kier alpha value is -4.35. The molecule has 0 atom stereocenters. The third-order valence-electron chi connectivity index (χ3n) is 4.99.